The Hall–Kier alpha value is -2.02. The van der Waals surface area contributed by atoms with Crippen molar-refractivity contribution in [1.82, 2.24) is 16.2 Å². The molecule has 0 spiro atoms. The maximum absolute atomic E-state index is 12.1. The van der Waals surface area contributed by atoms with Crippen LogP contribution in [0.5, 0.6) is 11.5 Å². The van der Waals surface area contributed by atoms with Crippen molar-refractivity contribution in [3.8, 4) is 11.5 Å². The van der Waals surface area contributed by atoms with E-state index in [1.807, 2.05) is 18.2 Å². The van der Waals surface area contributed by atoms with Crippen LogP contribution in [0.1, 0.15) is 45.1 Å². The average Bonchev–Trinajstić information content (AvgIpc) is 2.68. The molecule has 0 bridgehead atoms. The second kappa shape index (κ2) is 10.3. The Labute approximate surface area is 167 Å². The second-order valence-corrected chi connectivity index (χ2v) is 7.65. The summed E-state index contributed by atoms with van der Waals surface area (Å²) in [7, 11) is 3.22. The number of nitrogens with one attached hydrogen (secondary N) is 3. The summed E-state index contributed by atoms with van der Waals surface area (Å²) in [6.45, 7) is 4.54. The first-order valence-corrected chi connectivity index (χ1v) is 9.91. The quantitative estimate of drug-likeness (QED) is 0.510. The normalized spacial score (nSPS) is 21.9. The van der Waals surface area contributed by atoms with Gasteiger partial charge in [-0.3, -0.25) is 15.6 Å². The molecule has 1 aliphatic rings. The predicted molar refractivity (Wildman–Crippen MR) is 111 cm³/mol. The lowest BCUT2D eigenvalue weighted by Crippen LogP contribution is -2.52. The van der Waals surface area contributed by atoms with Gasteiger partial charge < -0.3 is 14.8 Å². The van der Waals surface area contributed by atoms with Crippen LogP contribution in [0.3, 0.4) is 0 Å². The van der Waals surface area contributed by atoms with Crippen molar-refractivity contribution in [2.75, 3.05) is 14.2 Å². The van der Waals surface area contributed by atoms with E-state index in [9.17, 15) is 4.79 Å². The van der Waals surface area contributed by atoms with Crippen LogP contribution >= 0.6 is 12.2 Å². The van der Waals surface area contributed by atoms with E-state index in [1.165, 1.54) is 12.8 Å². The van der Waals surface area contributed by atoms with Crippen LogP contribution in [0.15, 0.2) is 18.2 Å². The summed E-state index contributed by atoms with van der Waals surface area (Å²) in [6.07, 6.45) is 4.51. The smallest absolute Gasteiger partial charge is 0.238 e. The summed E-state index contributed by atoms with van der Waals surface area (Å²) < 4.78 is 10.5. The van der Waals surface area contributed by atoms with Gasteiger partial charge in [-0.1, -0.05) is 26.7 Å². The third-order valence-corrected chi connectivity index (χ3v) is 5.61. The summed E-state index contributed by atoms with van der Waals surface area (Å²) in [5.74, 6) is 2.56. The standard InChI is InChI=1S/C20H31N3O3S/c1-13-6-5-7-18(14(13)2)21-20(27)23-22-19(24)9-8-15-10-16(25-3)12-17(11-15)26-4/h10-14,18H,5-9H2,1-4H3,(H,22,24)(H2,21,23,27)/t13-,14-,18-/m1/s1. The molecule has 0 unspecified atom stereocenters. The minimum atomic E-state index is -0.119. The lowest BCUT2D eigenvalue weighted by atomic mass is 9.78. The first-order chi connectivity index (χ1) is 12.9. The SMILES string of the molecule is COc1cc(CCC(=O)NNC(=S)N[C@@H]2CCC[C@@H](C)[C@H]2C)cc(OC)c1. The van der Waals surface area contributed by atoms with E-state index in [-0.39, 0.29) is 5.91 Å². The third-order valence-electron chi connectivity index (χ3n) is 5.39. The number of ether oxygens (including phenoxy) is 2. The number of hydrogen-bond donors (Lipinski definition) is 3. The monoisotopic (exact) mass is 393 g/mol. The molecular weight excluding hydrogens is 362 g/mol. The van der Waals surface area contributed by atoms with Crippen LogP contribution in [0, 0.1) is 11.8 Å². The predicted octanol–water partition coefficient (Wildman–Crippen LogP) is 2.96. The van der Waals surface area contributed by atoms with Gasteiger partial charge in [0.15, 0.2) is 5.11 Å². The minimum absolute atomic E-state index is 0.119. The molecule has 1 amide bonds. The highest BCUT2D eigenvalue weighted by Crippen LogP contribution is 2.29. The molecular formula is C20H31N3O3S. The van der Waals surface area contributed by atoms with Crippen LogP contribution in [-0.4, -0.2) is 31.3 Å². The number of carbonyl (C=O) groups excluding carboxylic acids is 1. The fourth-order valence-electron chi connectivity index (χ4n) is 3.45. The Kier molecular flexibility index (Phi) is 8.16. The lowest BCUT2D eigenvalue weighted by Gasteiger charge is -2.35. The molecule has 1 aromatic carbocycles. The van der Waals surface area contributed by atoms with Gasteiger partial charge in [-0.2, -0.15) is 0 Å². The number of hydrazine groups is 1. The molecule has 0 aromatic heterocycles. The molecule has 150 valence electrons. The molecule has 7 heteroatoms. The number of aryl methyl sites for hydroxylation is 1. The number of rotatable bonds is 6. The molecule has 27 heavy (non-hydrogen) atoms. The van der Waals surface area contributed by atoms with Crippen molar-refractivity contribution in [2.45, 2.75) is 52.0 Å². The van der Waals surface area contributed by atoms with Crippen LogP contribution < -0.4 is 25.6 Å². The fourth-order valence-corrected chi connectivity index (χ4v) is 3.65. The second-order valence-electron chi connectivity index (χ2n) is 7.24. The maximum atomic E-state index is 12.1. The molecule has 0 heterocycles. The summed E-state index contributed by atoms with van der Waals surface area (Å²) in [6, 6.07) is 5.97. The van der Waals surface area contributed by atoms with Crippen molar-refractivity contribution >= 4 is 23.2 Å². The van der Waals surface area contributed by atoms with Gasteiger partial charge in [-0.15, -0.1) is 0 Å². The molecule has 0 aliphatic heterocycles. The zero-order valence-corrected chi connectivity index (χ0v) is 17.4. The van der Waals surface area contributed by atoms with Gasteiger partial charge >= 0.3 is 0 Å². The van der Waals surface area contributed by atoms with Crippen molar-refractivity contribution in [3.63, 3.8) is 0 Å². The van der Waals surface area contributed by atoms with Crippen LogP contribution in [0.25, 0.3) is 0 Å². The molecule has 1 fully saturated rings. The summed E-state index contributed by atoms with van der Waals surface area (Å²) in [4.78, 5) is 12.1. The zero-order valence-electron chi connectivity index (χ0n) is 16.6. The molecule has 1 aliphatic carbocycles. The van der Waals surface area contributed by atoms with Crippen molar-refractivity contribution in [1.29, 1.82) is 0 Å². The van der Waals surface area contributed by atoms with Gasteiger partial charge in [-0.05, 0) is 54.6 Å². The summed E-state index contributed by atoms with van der Waals surface area (Å²) in [5, 5.41) is 3.80. The van der Waals surface area contributed by atoms with Gasteiger partial charge in [0.25, 0.3) is 0 Å². The van der Waals surface area contributed by atoms with E-state index in [0.29, 0.717) is 47.3 Å². The molecule has 3 atom stereocenters. The average molecular weight is 394 g/mol. The number of benzene rings is 1. The molecule has 6 nitrogen and oxygen atoms in total. The summed E-state index contributed by atoms with van der Waals surface area (Å²) >= 11 is 5.32. The van der Waals surface area contributed by atoms with Crippen LogP contribution in [-0.2, 0) is 11.2 Å². The van der Waals surface area contributed by atoms with Crippen molar-refractivity contribution in [3.05, 3.63) is 23.8 Å². The first-order valence-electron chi connectivity index (χ1n) is 9.50. The topological polar surface area (TPSA) is 71.6 Å². The highest BCUT2D eigenvalue weighted by molar-refractivity contribution is 7.80. The van der Waals surface area contributed by atoms with E-state index in [0.717, 1.165) is 12.0 Å². The van der Waals surface area contributed by atoms with Gasteiger partial charge in [0, 0.05) is 18.5 Å². The van der Waals surface area contributed by atoms with Crippen LogP contribution in [0.4, 0.5) is 0 Å². The number of amides is 1. The number of thiocarbonyl (C=S) groups is 1. The van der Waals surface area contributed by atoms with Crippen molar-refractivity contribution in [2.24, 2.45) is 11.8 Å². The Morgan fingerprint density at radius 2 is 1.78 bits per heavy atom. The largest absolute Gasteiger partial charge is 0.497 e. The Bertz CT molecular complexity index is 631. The first kappa shape index (κ1) is 21.3. The maximum Gasteiger partial charge on any atom is 0.238 e. The van der Waals surface area contributed by atoms with E-state index in [2.05, 4.69) is 30.0 Å². The third kappa shape index (κ3) is 6.57. The van der Waals surface area contributed by atoms with Gasteiger partial charge in [0.2, 0.25) is 5.91 Å². The molecule has 0 radical (unpaired) electrons. The van der Waals surface area contributed by atoms with E-state index < -0.39 is 0 Å². The lowest BCUT2D eigenvalue weighted by molar-refractivity contribution is -0.121. The van der Waals surface area contributed by atoms with E-state index in [1.54, 1.807) is 14.2 Å². The number of hydrogen-bond acceptors (Lipinski definition) is 4. The highest BCUT2D eigenvalue weighted by Gasteiger charge is 2.27. The molecule has 3 N–H and O–H groups in total. The van der Waals surface area contributed by atoms with E-state index in [4.69, 9.17) is 21.7 Å². The van der Waals surface area contributed by atoms with Crippen LogP contribution in [0.2, 0.25) is 0 Å². The minimum Gasteiger partial charge on any atom is -0.497 e. The Morgan fingerprint density at radius 1 is 1.11 bits per heavy atom. The highest BCUT2D eigenvalue weighted by atomic mass is 32.1. The molecule has 2 rings (SSSR count). The van der Waals surface area contributed by atoms with Crippen molar-refractivity contribution < 1.29 is 14.3 Å². The number of methoxy groups -OCH3 is 2. The van der Waals surface area contributed by atoms with Gasteiger partial charge in [0.1, 0.15) is 11.5 Å². The number of carbonyl (C=O) groups is 1. The zero-order chi connectivity index (χ0) is 19.8. The fraction of sp³-hybridized carbons (Fsp3) is 0.600. The van der Waals surface area contributed by atoms with E-state index >= 15 is 0 Å². The van der Waals surface area contributed by atoms with Gasteiger partial charge in [0.05, 0.1) is 14.2 Å². The Morgan fingerprint density at radius 3 is 2.41 bits per heavy atom. The Balaban J connectivity index is 1.75. The molecule has 1 saturated carbocycles. The summed E-state index contributed by atoms with van der Waals surface area (Å²) in [5.41, 5.74) is 6.47. The van der Waals surface area contributed by atoms with Gasteiger partial charge in [-0.25, -0.2) is 0 Å². The molecule has 1 aromatic rings. The molecule has 0 saturated heterocycles.